The third-order valence-corrected chi connectivity index (χ3v) is 3.20. The van der Waals surface area contributed by atoms with Gasteiger partial charge >= 0.3 is 6.18 Å². The highest BCUT2D eigenvalue weighted by Crippen LogP contribution is 2.56. The summed E-state index contributed by atoms with van der Waals surface area (Å²) in [6.07, 6.45) is -3.12. The Bertz CT molecular complexity index is 162. The molecule has 12 heavy (non-hydrogen) atoms. The SMILES string of the molecule is CCC1C(C)C1C(C)C(F)(F)F. The zero-order valence-corrected chi connectivity index (χ0v) is 7.65. The van der Waals surface area contributed by atoms with Gasteiger partial charge in [0.05, 0.1) is 5.92 Å². The van der Waals surface area contributed by atoms with Crippen molar-refractivity contribution < 1.29 is 13.2 Å². The fraction of sp³-hybridized carbons (Fsp3) is 1.00. The highest BCUT2D eigenvalue weighted by atomic mass is 19.4. The van der Waals surface area contributed by atoms with E-state index in [2.05, 4.69) is 0 Å². The lowest BCUT2D eigenvalue weighted by Gasteiger charge is -2.15. The van der Waals surface area contributed by atoms with Gasteiger partial charge < -0.3 is 0 Å². The van der Waals surface area contributed by atoms with Crippen molar-refractivity contribution in [3.05, 3.63) is 0 Å². The monoisotopic (exact) mass is 180 g/mol. The van der Waals surface area contributed by atoms with Crippen LogP contribution in [0.2, 0.25) is 0 Å². The second-order valence-electron chi connectivity index (χ2n) is 3.84. The van der Waals surface area contributed by atoms with Gasteiger partial charge in [-0.25, -0.2) is 0 Å². The minimum absolute atomic E-state index is 0.116. The smallest absolute Gasteiger partial charge is 0.171 e. The van der Waals surface area contributed by atoms with E-state index in [1.54, 1.807) is 0 Å². The summed E-state index contributed by atoms with van der Waals surface area (Å²) in [5.74, 6) is -0.652. The first-order chi connectivity index (χ1) is 5.39. The Morgan fingerprint density at radius 1 is 1.33 bits per heavy atom. The van der Waals surface area contributed by atoms with Gasteiger partial charge in [-0.1, -0.05) is 27.2 Å². The molecule has 0 nitrogen and oxygen atoms in total. The maximum atomic E-state index is 12.2. The van der Waals surface area contributed by atoms with Crippen LogP contribution in [0.1, 0.15) is 27.2 Å². The minimum atomic E-state index is -4.00. The Hall–Kier alpha value is -0.210. The second-order valence-corrected chi connectivity index (χ2v) is 3.84. The summed E-state index contributed by atoms with van der Waals surface area (Å²) in [4.78, 5) is 0. The van der Waals surface area contributed by atoms with Gasteiger partial charge in [0.15, 0.2) is 0 Å². The molecule has 0 N–H and O–H groups in total. The Labute approximate surface area is 71.1 Å². The average Bonchev–Trinajstić information content (AvgIpc) is 2.57. The number of alkyl halides is 3. The number of hydrogen-bond donors (Lipinski definition) is 0. The molecule has 1 aliphatic carbocycles. The van der Waals surface area contributed by atoms with Crippen molar-refractivity contribution in [1.82, 2.24) is 0 Å². The fourth-order valence-electron chi connectivity index (χ4n) is 2.27. The molecule has 0 saturated heterocycles. The molecular formula is C9H15F3. The van der Waals surface area contributed by atoms with Crippen LogP contribution in [0.4, 0.5) is 13.2 Å². The molecule has 0 radical (unpaired) electrons. The zero-order chi connectivity index (χ0) is 9.52. The maximum absolute atomic E-state index is 12.2. The van der Waals surface area contributed by atoms with E-state index in [1.165, 1.54) is 6.92 Å². The molecule has 1 saturated carbocycles. The number of hydrogen-bond acceptors (Lipinski definition) is 0. The number of rotatable bonds is 2. The van der Waals surface area contributed by atoms with Crippen molar-refractivity contribution in [3.63, 3.8) is 0 Å². The quantitative estimate of drug-likeness (QED) is 0.610. The van der Waals surface area contributed by atoms with Crippen molar-refractivity contribution >= 4 is 0 Å². The summed E-state index contributed by atoms with van der Waals surface area (Å²) in [7, 11) is 0. The van der Waals surface area contributed by atoms with Crippen LogP contribution >= 0.6 is 0 Å². The molecule has 0 bridgehead atoms. The van der Waals surface area contributed by atoms with Crippen LogP contribution in [0.5, 0.6) is 0 Å². The molecule has 0 aromatic heterocycles. The summed E-state index contributed by atoms with van der Waals surface area (Å²) >= 11 is 0. The van der Waals surface area contributed by atoms with Gasteiger partial charge in [-0.15, -0.1) is 0 Å². The van der Waals surface area contributed by atoms with Crippen LogP contribution in [-0.2, 0) is 0 Å². The normalized spacial score (nSPS) is 38.0. The molecule has 4 atom stereocenters. The molecule has 1 rings (SSSR count). The molecule has 1 fully saturated rings. The van der Waals surface area contributed by atoms with E-state index in [0.717, 1.165) is 6.42 Å². The van der Waals surface area contributed by atoms with E-state index in [1.807, 2.05) is 13.8 Å². The summed E-state index contributed by atoms with van der Waals surface area (Å²) in [5.41, 5.74) is 0. The van der Waals surface area contributed by atoms with Crippen LogP contribution in [0.15, 0.2) is 0 Å². The van der Waals surface area contributed by atoms with Crippen molar-refractivity contribution in [2.24, 2.45) is 23.7 Å². The van der Waals surface area contributed by atoms with E-state index < -0.39 is 12.1 Å². The molecule has 0 aromatic carbocycles. The molecule has 0 spiro atoms. The predicted octanol–water partition coefficient (Wildman–Crippen LogP) is 3.48. The van der Waals surface area contributed by atoms with E-state index in [0.29, 0.717) is 5.92 Å². The Kier molecular flexibility index (Phi) is 2.41. The standard InChI is InChI=1S/C9H15F3/c1-4-7-5(2)8(7)6(3)9(10,11)12/h5-8H,4H2,1-3H3. The highest BCUT2D eigenvalue weighted by molar-refractivity contribution is 4.97. The summed E-state index contributed by atoms with van der Waals surface area (Å²) in [6, 6.07) is 0. The molecule has 72 valence electrons. The molecule has 3 heteroatoms. The summed E-state index contributed by atoms with van der Waals surface area (Å²) < 4.78 is 36.7. The lowest BCUT2D eigenvalue weighted by atomic mass is 10.0. The van der Waals surface area contributed by atoms with Crippen LogP contribution < -0.4 is 0 Å². The molecule has 4 unspecified atom stereocenters. The van der Waals surface area contributed by atoms with E-state index in [4.69, 9.17) is 0 Å². The molecule has 0 heterocycles. The van der Waals surface area contributed by atoms with Crippen molar-refractivity contribution in [2.75, 3.05) is 0 Å². The Morgan fingerprint density at radius 2 is 1.83 bits per heavy atom. The lowest BCUT2D eigenvalue weighted by molar-refractivity contribution is -0.176. The largest absolute Gasteiger partial charge is 0.391 e. The van der Waals surface area contributed by atoms with E-state index in [-0.39, 0.29) is 11.8 Å². The number of halogens is 3. The van der Waals surface area contributed by atoms with Crippen LogP contribution in [0.25, 0.3) is 0 Å². The van der Waals surface area contributed by atoms with Crippen LogP contribution in [0.3, 0.4) is 0 Å². The molecule has 0 aliphatic heterocycles. The van der Waals surface area contributed by atoms with E-state index in [9.17, 15) is 13.2 Å². The fourth-order valence-corrected chi connectivity index (χ4v) is 2.27. The lowest BCUT2D eigenvalue weighted by Crippen LogP contribution is -2.22. The zero-order valence-electron chi connectivity index (χ0n) is 7.65. The molecule has 0 amide bonds. The van der Waals surface area contributed by atoms with Crippen LogP contribution in [-0.4, -0.2) is 6.18 Å². The van der Waals surface area contributed by atoms with Gasteiger partial charge in [-0.2, -0.15) is 13.2 Å². The van der Waals surface area contributed by atoms with Gasteiger partial charge in [-0.05, 0) is 17.8 Å². The van der Waals surface area contributed by atoms with Gasteiger partial charge in [0.25, 0.3) is 0 Å². The van der Waals surface area contributed by atoms with E-state index >= 15 is 0 Å². The van der Waals surface area contributed by atoms with Crippen molar-refractivity contribution in [1.29, 1.82) is 0 Å². The second kappa shape index (κ2) is 2.93. The third-order valence-electron chi connectivity index (χ3n) is 3.20. The summed E-state index contributed by atoms with van der Waals surface area (Å²) in [5, 5.41) is 0. The van der Waals surface area contributed by atoms with Gasteiger partial charge in [0, 0.05) is 0 Å². The first kappa shape index (κ1) is 9.87. The topological polar surface area (TPSA) is 0 Å². The van der Waals surface area contributed by atoms with Crippen molar-refractivity contribution in [3.8, 4) is 0 Å². The van der Waals surface area contributed by atoms with Gasteiger partial charge in [0.2, 0.25) is 0 Å². The highest BCUT2D eigenvalue weighted by Gasteiger charge is 2.55. The first-order valence-electron chi connectivity index (χ1n) is 4.46. The first-order valence-corrected chi connectivity index (χ1v) is 4.46. The van der Waals surface area contributed by atoms with Gasteiger partial charge in [-0.3, -0.25) is 0 Å². The molecule has 0 aromatic rings. The van der Waals surface area contributed by atoms with Gasteiger partial charge in [0.1, 0.15) is 0 Å². The Morgan fingerprint density at radius 3 is 2.08 bits per heavy atom. The maximum Gasteiger partial charge on any atom is 0.391 e. The van der Waals surface area contributed by atoms with Crippen LogP contribution in [0, 0.1) is 23.7 Å². The van der Waals surface area contributed by atoms with Crippen molar-refractivity contribution in [2.45, 2.75) is 33.4 Å². The summed E-state index contributed by atoms with van der Waals surface area (Å²) in [6.45, 7) is 5.18. The molecular weight excluding hydrogens is 165 g/mol. The molecule has 1 aliphatic rings. The minimum Gasteiger partial charge on any atom is -0.171 e. The Balaban J connectivity index is 2.51. The third kappa shape index (κ3) is 1.59. The average molecular weight is 180 g/mol. The predicted molar refractivity (Wildman–Crippen MR) is 41.7 cm³/mol.